The number of amides is 1. The van der Waals surface area contributed by atoms with E-state index >= 15 is 0 Å². The maximum atomic E-state index is 11.7. The second kappa shape index (κ2) is 8.17. The fourth-order valence-electron chi connectivity index (χ4n) is 1.62. The SMILES string of the molecule is C#CCC(CC)NCC(=O)Nc1ccc(OC)cc1. The van der Waals surface area contributed by atoms with Crippen LogP contribution in [0.1, 0.15) is 19.8 Å². The molecule has 0 aliphatic heterocycles. The average Bonchev–Trinajstić information content (AvgIpc) is 2.44. The van der Waals surface area contributed by atoms with E-state index in [1.807, 2.05) is 6.92 Å². The van der Waals surface area contributed by atoms with Crippen LogP contribution in [0.3, 0.4) is 0 Å². The molecule has 0 fully saturated rings. The van der Waals surface area contributed by atoms with Gasteiger partial charge in [0, 0.05) is 18.2 Å². The highest BCUT2D eigenvalue weighted by Crippen LogP contribution is 2.14. The highest BCUT2D eigenvalue weighted by molar-refractivity contribution is 5.92. The number of methoxy groups -OCH3 is 1. The molecule has 0 aromatic heterocycles. The van der Waals surface area contributed by atoms with Gasteiger partial charge in [0.1, 0.15) is 5.75 Å². The van der Waals surface area contributed by atoms with Crippen molar-refractivity contribution in [3.63, 3.8) is 0 Å². The zero-order valence-electron chi connectivity index (χ0n) is 11.4. The van der Waals surface area contributed by atoms with Crippen molar-refractivity contribution in [2.45, 2.75) is 25.8 Å². The van der Waals surface area contributed by atoms with Crippen molar-refractivity contribution in [3.8, 4) is 18.1 Å². The summed E-state index contributed by atoms with van der Waals surface area (Å²) in [7, 11) is 1.61. The Morgan fingerprint density at radius 3 is 2.63 bits per heavy atom. The average molecular weight is 260 g/mol. The number of carbonyl (C=O) groups is 1. The smallest absolute Gasteiger partial charge is 0.238 e. The zero-order valence-corrected chi connectivity index (χ0v) is 11.4. The molecule has 19 heavy (non-hydrogen) atoms. The molecule has 1 aromatic rings. The van der Waals surface area contributed by atoms with Crippen LogP contribution in [0.15, 0.2) is 24.3 Å². The van der Waals surface area contributed by atoms with Crippen molar-refractivity contribution in [2.24, 2.45) is 0 Å². The van der Waals surface area contributed by atoms with Gasteiger partial charge in [0.15, 0.2) is 0 Å². The predicted octanol–water partition coefficient (Wildman–Crippen LogP) is 2.03. The molecule has 0 radical (unpaired) electrons. The molecule has 0 saturated carbocycles. The first kappa shape index (κ1) is 15.1. The Balaban J connectivity index is 2.40. The Morgan fingerprint density at radius 2 is 2.11 bits per heavy atom. The lowest BCUT2D eigenvalue weighted by Gasteiger charge is -2.14. The summed E-state index contributed by atoms with van der Waals surface area (Å²) in [6.45, 7) is 2.29. The molecule has 1 unspecified atom stereocenters. The second-order valence-corrected chi connectivity index (χ2v) is 4.17. The number of nitrogens with one attached hydrogen (secondary N) is 2. The fraction of sp³-hybridized carbons (Fsp3) is 0.400. The standard InChI is InChI=1S/C15H20N2O2/c1-4-6-12(5-2)16-11-15(18)17-13-7-9-14(19-3)10-8-13/h1,7-10,12,16H,5-6,11H2,2-3H3,(H,17,18). The zero-order chi connectivity index (χ0) is 14.1. The molecule has 102 valence electrons. The van der Waals surface area contributed by atoms with Gasteiger partial charge >= 0.3 is 0 Å². The lowest BCUT2D eigenvalue weighted by atomic mass is 10.1. The minimum atomic E-state index is -0.0827. The fourth-order valence-corrected chi connectivity index (χ4v) is 1.62. The third-order valence-electron chi connectivity index (χ3n) is 2.78. The van der Waals surface area contributed by atoms with E-state index in [9.17, 15) is 4.79 Å². The van der Waals surface area contributed by atoms with Crippen molar-refractivity contribution >= 4 is 11.6 Å². The molecule has 0 aliphatic carbocycles. The minimum absolute atomic E-state index is 0.0827. The first-order valence-electron chi connectivity index (χ1n) is 6.30. The molecule has 1 atom stereocenters. The molecule has 0 saturated heterocycles. The molecule has 0 spiro atoms. The Hall–Kier alpha value is -1.99. The highest BCUT2D eigenvalue weighted by atomic mass is 16.5. The van der Waals surface area contributed by atoms with Crippen LogP contribution in [-0.4, -0.2) is 25.6 Å². The summed E-state index contributed by atoms with van der Waals surface area (Å²) in [5.41, 5.74) is 0.748. The Morgan fingerprint density at radius 1 is 1.42 bits per heavy atom. The second-order valence-electron chi connectivity index (χ2n) is 4.17. The number of rotatable bonds is 7. The Kier molecular flexibility index (Phi) is 6.48. The summed E-state index contributed by atoms with van der Waals surface area (Å²) >= 11 is 0. The topological polar surface area (TPSA) is 50.4 Å². The number of anilines is 1. The summed E-state index contributed by atoms with van der Waals surface area (Å²) in [4.78, 5) is 11.7. The van der Waals surface area contributed by atoms with Gasteiger partial charge in [-0.05, 0) is 30.7 Å². The highest BCUT2D eigenvalue weighted by Gasteiger charge is 2.07. The lowest BCUT2D eigenvalue weighted by Crippen LogP contribution is -2.35. The van der Waals surface area contributed by atoms with Crippen molar-refractivity contribution in [1.29, 1.82) is 0 Å². The van der Waals surface area contributed by atoms with Crippen LogP contribution in [0.5, 0.6) is 5.75 Å². The maximum absolute atomic E-state index is 11.7. The van der Waals surface area contributed by atoms with Gasteiger partial charge in [-0.1, -0.05) is 6.92 Å². The molecule has 1 rings (SSSR count). The van der Waals surface area contributed by atoms with Crippen molar-refractivity contribution < 1.29 is 9.53 Å². The molecule has 4 nitrogen and oxygen atoms in total. The molecule has 2 N–H and O–H groups in total. The van der Waals surface area contributed by atoms with Crippen molar-refractivity contribution in [1.82, 2.24) is 5.32 Å². The number of hydrogen-bond donors (Lipinski definition) is 2. The van der Waals surface area contributed by atoms with E-state index in [-0.39, 0.29) is 18.5 Å². The minimum Gasteiger partial charge on any atom is -0.497 e. The van der Waals surface area contributed by atoms with E-state index in [2.05, 4.69) is 16.6 Å². The largest absolute Gasteiger partial charge is 0.497 e. The number of benzene rings is 1. The van der Waals surface area contributed by atoms with Gasteiger partial charge in [-0.3, -0.25) is 4.79 Å². The number of terminal acetylenes is 1. The van der Waals surface area contributed by atoms with Crippen LogP contribution in [0.2, 0.25) is 0 Å². The van der Waals surface area contributed by atoms with Gasteiger partial charge in [-0.2, -0.15) is 0 Å². The van der Waals surface area contributed by atoms with E-state index in [0.29, 0.717) is 6.42 Å². The predicted molar refractivity (Wildman–Crippen MR) is 77.2 cm³/mol. The van der Waals surface area contributed by atoms with Gasteiger partial charge < -0.3 is 15.4 Å². The summed E-state index contributed by atoms with van der Waals surface area (Å²) in [5, 5.41) is 5.94. The summed E-state index contributed by atoms with van der Waals surface area (Å²) in [6, 6.07) is 7.39. The number of carbonyl (C=O) groups excluding carboxylic acids is 1. The first-order chi connectivity index (χ1) is 9.19. The van der Waals surface area contributed by atoms with E-state index < -0.39 is 0 Å². The van der Waals surface area contributed by atoms with Gasteiger partial charge in [-0.15, -0.1) is 12.3 Å². The van der Waals surface area contributed by atoms with Crippen molar-refractivity contribution in [3.05, 3.63) is 24.3 Å². The molecular formula is C15H20N2O2. The quantitative estimate of drug-likeness (QED) is 0.737. The molecule has 1 aromatic carbocycles. The van der Waals surface area contributed by atoms with Crippen LogP contribution in [0.4, 0.5) is 5.69 Å². The number of hydrogen-bond acceptors (Lipinski definition) is 3. The van der Waals surface area contributed by atoms with Gasteiger partial charge in [0.05, 0.1) is 13.7 Å². The van der Waals surface area contributed by atoms with Crippen LogP contribution in [0.25, 0.3) is 0 Å². The van der Waals surface area contributed by atoms with E-state index in [0.717, 1.165) is 17.9 Å². The third-order valence-corrected chi connectivity index (χ3v) is 2.78. The molecular weight excluding hydrogens is 240 g/mol. The molecule has 0 aliphatic rings. The van der Waals surface area contributed by atoms with Gasteiger partial charge in [0.25, 0.3) is 0 Å². The summed E-state index contributed by atoms with van der Waals surface area (Å²) < 4.78 is 5.05. The third kappa shape index (κ3) is 5.45. The van der Waals surface area contributed by atoms with Gasteiger partial charge in [-0.25, -0.2) is 0 Å². The Bertz CT molecular complexity index is 434. The lowest BCUT2D eigenvalue weighted by molar-refractivity contribution is -0.115. The van der Waals surface area contributed by atoms with Crippen LogP contribution in [-0.2, 0) is 4.79 Å². The molecule has 4 heteroatoms. The van der Waals surface area contributed by atoms with Crippen LogP contribution >= 0.6 is 0 Å². The van der Waals surface area contributed by atoms with Crippen LogP contribution in [0, 0.1) is 12.3 Å². The molecule has 0 bridgehead atoms. The molecule has 0 heterocycles. The van der Waals surface area contributed by atoms with E-state index in [4.69, 9.17) is 11.2 Å². The normalized spacial score (nSPS) is 11.4. The number of ether oxygens (including phenoxy) is 1. The summed E-state index contributed by atoms with van der Waals surface area (Å²) in [5.74, 6) is 3.27. The molecule has 1 amide bonds. The maximum Gasteiger partial charge on any atom is 0.238 e. The monoisotopic (exact) mass is 260 g/mol. The van der Waals surface area contributed by atoms with E-state index in [1.54, 1.807) is 31.4 Å². The first-order valence-corrected chi connectivity index (χ1v) is 6.30. The van der Waals surface area contributed by atoms with Crippen LogP contribution < -0.4 is 15.4 Å². The summed E-state index contributed by atoms with van der Waals surface area (Å²) in [6.07, 6.45) is 6.79. The van der Waals surface area contributed by atoms with E-state index in [1.165, 1.54) is 0 Å². The van der Waals surface area contributed by atoms with Crippen molar-refractivity contribution in [2.75, 3.05) is 19.0 Å². The van der Waals surface area contributed by atoms with Gasteiger partial charge in [0.2, 0.25) is 5.91 Å². The Labute approximate surface area is 114 Å².